The molecule has 66 valence electrons. The van der Waals surface area contributed by atoms with Crippen molar-refractivity contribution in [3.63, 3.8) is 0 Å². The van der Waals surface area contributed by atoms with E-state index in [-0.39, 0.29) is 39.0 Å². The van der Waals surface area contributed by atoms with Crippen LogP contribution in [0.5, 0.6) is 0 Å². The largest absolute Gasteiger partial charge is 0.528 e. The van der Waals surface area contributed by atoms with Crippen LogP contribution in [-0.2, 0) is 39.0 Å². The molecule has 11 heavy (non-hydrogen) atoms. The molecule has 0 saturated carbocycles. The molecule has 1 nitrogen and oxygen atoms in total. The van der Waals surface area contributed by atoms with Gasteiger partial charge in [0.2, 0.25) is 0 Å². The average Bonchev–Trinajstić information content (AvgIpc) is 1.90. The molecule has 0 bridgehead atoms. The van der Waals surface area contributed by atoms with Gasteiger partial charge in [-0.15, -0.1) is 0 Å². The summed E-state index contributed by atoms with van der Waals surface area (Å²) < 4.78 is 0. The number of rotatable bonds is 1. The van der Waals surface area contributed by atoms with Gasteiger partial charge in [0.15, 0.2) is 0 Å². The molecule has 1 aromatic heterocycles. The second-order valence-corrected chi connectivity index (χ2v) is 2.27. The molecule has 0 amide bonds. The van der Waals surface area contributed by atoms with Crippen molar-refractivity contribution in [2.24, 2.45) is 0 Å². The molecule has 0 saturated heterocycles. The zero-order valence-electron chi connectivity index (χ0n) is 6.35. The molecule has 0 aliphatic heterocycles. The Balaban J connectivity index is 0. The minimum atomic E-state index is 0. The van der Waals surface area contributed by atoms with Crippen molar-refractivity contribution in [1.29, 1.82) is 0 Å². The fourth-order valence-electron chi connectivity index (χ4n) is 0.599. The number of hydrogen-bond donors (Lipinski definition) is 0. The summed E-state index contributed by atoms with van der Waals surface area (Å²) in [5, 5.41) is 0. The first kappa shape index (κ1) is 14.0. The van der Waals surface area contributed by atoms with Crippen molar-refractivity contribution in [3.8, 4) is 0 Å². The molecule has 0 spiro atoms. The number of pyridine rings is 1. The van der Waals surface area contributed by atoms with Crippen LogP contribution < -0.4 is 0 Å². The molecule has 0 aliphatic carbocycles. The van der Waals surface area contributed by atoms with Crippen LogP contribution in [-0.4, -0.2) is 4.98 Å². The Labute approximate surface area is 93.5 Å². The molecule has 0 aliphatic rings. The predicted octanol–water partition coefficient (Wildman–Crippen LogP) is 1.80. The third-order valence-corrected chi connectivity index (χ3v) is 1.15. The first-order chi connectivity index (χ1) is 4.30. The van der Waals surface area contributed by atoms with E-state index in [9.17, 15) is 0 Å². The Morgan fingerprint density at radius 2 is 2.00 bits per heavy atom. The average molecular weight is 325 g/mol. The van der Waals surface area contributed by atoms with Crippen molar-refractivity contribution in [1.82, 2.24) is 4.98 Å². The molecule has 2 radical (unpaired) electrons. The number of nitrogens with zero attached hydrogens (tertiary/aromatic N) is 1. The van der Waals surface area contributed by atoms with Crippen LogP contribution in [0, 0.1) is 12.3 Å². The molecule has 1 heterocycles. The fraction of sp³-hybridized carbons (Fsp3) is 0.375. The molecule has 0 atom stereocenters. The van der Waals surface area contributed by atoms with Crippen molar-refractivity contribution in [3.05, 3.63) is 30.1 Å². The maximum Gasteiger partial charge on any atom is 0 e. The van der Waals surface area contributed by atoms with Gasteiger partial charge in [-0.3, -0.25) is 17.8 Å². The molecule has 1 rings (SSSR count). The Kier molecular flexibility index (Phi) is 8.96. The van der Waals surface area contributed by atoms with Crippen LogP contribution in [0.4, 0.5) is 0 Å². The van der Waals surface area contributed by atoms with Gasteiger partial charge in [0.05, 0.1) is 0 Å². The van der Waals surface area contributed by atoms with E-state index in [1.165, 1.54) is 0 Å². The van der Waals surface area contributed by atoms with E-state index in [0.29, 0.717) is 5.92 Å². The van der Waals surface area contributed by atoms with Crippen LogP contribution in [0.1, 0.15) is 25.3 Å². The van der Waals surface area contributed by atoms with Gasteiger partial charge in [0.1, 0.15) is 0 Å². The van der Waals surface area contributed by atoms with Gasteiger partial charge in [-0.25, -0.2) is 6.20 Å². The second-order valence-electron chi connectivity index (χ2n) is 2.27. The third kappa shape index (κ3) is 4.77. The minimum Gasteiger partial charge on any atom is -0.528 e. The summed E-state index contributed by atoms with van der Waals surface area (Å²) in [7, 11) is 0. The topological polar surface area (TPSA) is 12.9 Å². The van der Waals surface area contributed by atoms with Gasteiger partial charge >= 0.3 is 0 Å². The van der Waals surface area contributed by atoms with Crippen molar-refractivity contribution < 1.29 is 39.0 Å². The SMILES string of the molecule is CC(C)c1[c-]ccn[c-]1.[Rh].[Rh]. The van der Waals surface area contributed by atoms with Crippen LogP contribution >= 0.6 is 0 Å². The Hall–Kier alpha value is 0.397. The minimum absolute atomic E-state index is 0. The quantitative estimate of drug-likeness (QED) is 0.567. The van der Waals surface area contributed by atoms with E-state index in [0.717, 1.165) is 5.56 Å². The zero-order valence-corrected chi connectivity index (χ0v) is 9.62. The van der Waals surface area contributed by atoms with Gasteiger partial charge in [0, 0.05) is 39.0 Å². The Morgan fingerprint density at radius 1 is 1.36 bits per heavy atom. The van der Waals surface area contributed by atoms with Crippen LogP contribution in [0.3, 0.4) is 0 Å². The van der Waals surface area contributed by atoms with Crippen molar-refractivity contribution in [2.75, 3.05) is 0 Å². The Morgan fingerprint density at radius 3 is 2.27 bits per heavy atom. The standard InChI is InChI=1S/C8H9N.2Rh/c1-7(2)8-4-3-5-9-6-8;;/h3,5,7H,1-2H3;;/q-2;;. The summed E-state index contributed by atoms with van der Waals surface area (Å²) in [6, 6.07) is 4.86. The van der Waals surface area contributed by atoms with Crippen LogP contribution in [0.25, 0.3) is 0 Å². The second kappa shape index (κ2) is 7.07. The number of hydrogen-bond acceptors (Lipinski definition) is 1. The van der Waals surface area contributed by atoms with E-state index >= 15 is 0 Å². The van der Waals surface area contributed by atoms with E-state index < -0.39 is 0 Å². The van der Waals surface area contributed by atoms with Gasteiger partial charge in [-0.2, -0.15) is 0 Å². The van der Waals surface area contributed by atoms with E-state index in [1.807, 2.05) is 6.07 Å². The summed E-state index contributed by atoms with van der Waals surface area (Å²) >= 11 is 0. The van der Waals surface area contributed by atoms with E-state index in [4.69, 9.17) is 0 Å². The first-order valence-electron chi connectivity index (χ1n) is 3.05. The van der Waals surface area contributed by atoms with Gasteiger partial charge in [-0.1, -0.05) is 19.8 Å². The Bertz CT molecular complexity index is 175. The molecule has 0 fully saturated rings. The van der Waals surface area contributed by atoms with Gasteiger partial charge in [-0.05, 0) is 0 Å². The summed E-state index contributed by atoms with van der Waals surface area (Å²) in [5.74, 6) is 0.485. The van der Waals surface area contributed by atoms with E-state index in [2.05, 4.69) is 31.1 Å². The molecular weight excluding hydrogens is 316 g/mol. The smallest absolute Gasteiger partial charge is 0 e. The summed E-state index contributed by atoms with van der Waals surface area (Å²) in [4.78, 5) is 3.85. The molecule has 3 heteroatoms. The van der Waals surface area contributed by atoms with Crippen molar-refractivity contribution in [2.45, 2.75) is 19.8 Å². The normalized spacial score (nSPS) is 8.27. The van der Waals surface area contributed by atoms with Crippen LogP contribution in [0.15, 0.2) is 12.3 Å². The molecule has 0 aromatic carbocycles. The molecular formula is C8H9NRh2-2. The summed E-state index contributed by atoms with van der Waals surface area (Å²) in [6.07, 6.45) is 4.55. The van der Waals surface area contributed by atoms with Crippen LogP contribution in [0.2, 0.25) is 0 Å². The fourth-order valence-corrected chi connectivity index (χ4v) is 0.599. The van der Waals surface area contributed by atoms with E-state index in [1.54, 1.807) is 6.20 Å². The predicted molar refractivity (Wildman–Crippen MR) is 36.0 cm³/mol. The van der Waals surface area contributed by atoms with Crippen molar-refractivity contribution >= 4 is 0 Å². The third-order valence-electron chi connectivity index (χ3n) is 1.15. The van der Waals surface area contributed by atoms with Gasteiger partial charge in [0.25, 0.3) is 0 Å². The number of aromatic nitrogens is 1. The maximum atomic E-state index is 3.85. The molecule has 0 unspecified atom stereocenters. The molecule has 1 aromatic rings. The summed E-state index contributed by atoms with van der Waals surface area (Å²) in [5.41, 5.74) is 1.05. The zero-order chi connectivity index (χ0) is 6.69. The molecule has 0 N–H and O–H groups in total. The monoisotopic (exact) mass is 325 g/mol. The maximum absolute atomic E-state index is 3.85. The first-order valence-corrected chi connectivity index (χ1v) is 3.05. The van der Waals surface area contributed by atoms with Gasteiger partial charge < -0.3 is 11.1 Å². The summed E-state index contributed by atoms with van der Waals surface area (Å²) in [6.45, 7) is 4.20.